The van der Waals surface area contributed by atoms with E-state index in [1.54, 1.807) is 0 Å². The lowest BCUT2D eigenvalue weighted by molar-refractivity contribution is -0.131. The monoisotopic (exact) mass is 213 g/mol. The zero-order valence-corrected chi connectivity index (χ0v) is 10.1. The van der Waals surface area contributed by atoms with Gasteiger partial charge < -0.3 is 5.73 Å². The molecule has 15 heavy (non-hydrogen) atoms. The van der Waals surface area contributed by atoms with Gasteiger partial charge in [-0.3, -0.25) is 9.59 Å². The van der Waals surface area contributed by atoms with Crippen LogP contribution in [0.3, 0.4) is 0 Å². The van der Waals surface area contributed by atoms with Gasteiger partial charge in [0.25, 0.3) is 0 Å². The molecule has 2 unspecified atom stereocenters. The van der Waals surface area contributed by atoms with E-state index in [1.807, 2.05) is 0 Å². The highest BCUT2D eigenvalue weighted by molar-refractivity contribution is 5.99. The van der Waals surface area contributed by atoms with Gasteiger partial charge in [-0.05, 0) is 19.3 Å². The van der Waals surface area contributed by atoms with Gasteiger partial charge in [0, 0.05) is 0 Å². The smallest absolute Gasteiger partial charge is 0.227 e. The van der Waals surface area contributed by atoms with E-state index < -0.39 is 11.8 Å². The molecule has 1 amide bonds. The van der Waals surface area contributed by atoms with Crippen molar-refractivity contribution in [2.75, 3.05) is 0 Å². The predicted octanol–water partition coefficient (Wildman–Crippen LogP) is 2.28. The molecule has 2 N–H and O–H groups in total. The molecule has 0 aromatic rings. The third-order valence-electron chi connectivity index (χ3n) is 2.95. The van der Waals surface area contributed by atoms with E-state index in [0.29, 0.717) is 12.3 Å². The lowest BCUT2D eigenvalue weighted by atomic mass is 9.86. The van der Waals surface area contributed by atoms with E-state index in [9.17, 15) is 9.59 Å². The van der Waals surface area contributed by atoms with Gasteiger partial charge in [-0.2, -0.15) is 0 Å². The first kappa shape index (κ1) is 14.1. The number of ketones is 1. The average molecular weight is 213 g/mol. The Kier molecular flexibility index (Phi) is 7.01. The Morgan fingerprint density at radius 1 is 1.27 bits per heavy atom. The van der Waals surface area contributed by atoms with Crippen molar-refractivity contribution in [3.8, 4) is 0 Å². The number of unbranched alkanes of at least 4 members (excludes halogenated alkanes) is 1. The molecule has 88 valence electrons. The summed E-state index contributed by atoms with van der Waals surface area (Å²) in [6.45, 7) is 5.68. The van der Waals surface area contributed by atoms with Crippen molar-refractivity contribution in [1.82, 2.24) is 0 Å². The van der Waals surface area contributed by atoms with Crippen LogP contribution in [-0.4, -0.2) is 11.7 Å². The molecular formula is C12H23NO2. The summed E-state index contributed by atoms with van der Waals surface area (Å²) in [5.74, 6) is -0.701. The summed E-state index contributed by atoms with van der Waals surface area (Å²) < 4.78 is 0. The Balaban J connectivity index is 4.22. The van der Waals surface area contributed by atoms with Crippen LogP contribution in [0.4, 0.5) is 0 Å². The molecule has 3 heteroatoms. The van der Waals surface area contributed by atoms with Gasteiger partial charge in [-0.25, -0.2) is 0 Å². The van der Waals surface area contributed by atoms with Crippen molar-refractivity contribution in [2.24, 2.45) is 17.6 Å². The number of primary amides is 1. The molecule has 0 aliphatic carbocycles. The molecule has 0 radical (unpaired) electrons. The van der Waals surface area contributed by atoms with Crippen LogP contribution in [0.25, 0.3) is 0 Å². The highest BCUT2D eigenvalue weighted by Gasteiger charge is 2.23. The second kappa shape index (κ2) is 7.43. The fourth-order valence-electron chi connectivity index (χ4n) is 1.80. The van der Waals surface area contributed by atoms with Gasteiger partial charge in [0.05, 0.1) is 5.92 Å². The molecular weight excluding hydrogens is 190 g/mol. The predicted molar refractivity (Wildman–Crippen MR) is 61.3 cm³/mol. The molecule has 0 aliphatic rings. The standard InChI is InChI=1S/C12H23NO2/c1-4-6-7-10(5-2)8-11(9(3)14)12(13)15/h10-11H,4-8H2,1-3H3,(H2,13,15). The van der Waals surface area contributed by atoms with Crippen LogP contribution in [-0.2, 0) is 9.59 Å². The van der Waals surface area contributed by atoms with Crippen LogP contribution in [0.5, 0.6) is 0 Å². The van der Waals surface area contributed by atoms with E-state index >= 15 is 0 Å². The summed E-state index contributed by atoms with van der Waals surface area (Å²) in [7, 11) is 0. The van der Waals surface area contributed by atoms with E-state index in [1.165, 1.54) is 6.92 Å². The zero-order valence-electron chi connectivity index (χ0n) is 10.1. The van der Waals surface area contributed by atoms with Crippen LogP contribution in [0, 0.1) is 11.8 Å². The molecule has 0 aliphatic heterocycles. The summed E-state index contributed by atoms with van der Waals surface area (Å²) in [4.78, 5) is 22.3. The Labute approximate surface area is 92.4 Å². The van der Waals surface area contributed by atoms with Crippen molar-refractivity contribution >= 4 is 11.7 Å². The first-order valence-corrected chi connectivity index (χ1v) is 5.82. The fourth-order valence-corrected chi connectivity index (χ4v) is 1.80. The van der Waals surface area contributed by atoms with Gasteiger partial charge in [0.1, 0.15) is 5.78 Å². The minimum absolute atomic E-state index is 0.0996. The second-order valence-corrected chi connectivity index (χ2v) is 4.22. The number of hydrogen-bond acceptors (Lipinski definition) is 2. The van der Waals surface area contributed by atoms with Gasteiger partial charge >= 0.3 is 0 Å². The van der Waals surface area contributed by atoms with Gasteiger partial charge in [-0.1, -0.05) is 39.5 Å². The van der Waals surface area contributed by atoms with Gasteiger partial charge in [-0.15, -0.1) is 0 Å². The maximum atomic E-state index is 11.2. The number of rotatable bonds is 8. The quantitative estimate of drug-likeness (QED) is 0.629. The Hall–Kier alpha value is -0.860. The first-order chi connectivity index (χ1) is 7.02. The van der Waals surface area contributed by atoms with Crippen molar-refractivity contribution < 1.29 is 9.59 Å². The molecule has 0 saturated carbocycles. The highest BCUT2D eigenvalue weighted by Crippen LogP contribution is 2.22. The van der Waals surface area contributed by atoms with Crippen molar-refractivity contribution in [3.05, 3.63) is 0 Å². The van der Waals surface area contributed by atoms with Crippen molar-refractivity contribution in [3.63, 3.8) is 0 Å². The molecule has 0 rings (SSSR count). The second-order valence-electron chi connectivity index (χ2n) is 4.22. The number of carbonyl (C=O) groups is 2. The van der Waals surface area contributed by atoms with Crippen molar-refractivity contribution in [1.29, 1.82) is 0 Å². The summed E-state index contributed by atoms with van der Waals surface area (Å²) >= 11 is 0. The van der Waals surface area contributed by atoms with E-state index in [2.05, 4.69) is 13.8 Å². The maximum absolute atomic E-state index is 11.2. The summed E-state index contributed by atoms with van der Waals surface area (Å²) in [5.41, 5.74) is 5.21. The molecule has 3 nitrogen and oxygen atoms in total. The highest BCUT2D eigenvalue weighted by atomic mass is 16.2. The summed E-state index contributed by atoms with van der Waals surface area (Å²) in [5, 5.41) is 0. The van der Waals surface area contributed by atoms with Crippen LogP contribution in [0.1, 0.15) is 52.9 Å². The SMILES string of the molecule is CCCCC(CC)CC(C(C)=O)C(N)=O. The Morgan fingerprint density at radius 2 is 1.87 bits per heavy atom. The van der Waals surface area contributed by atoms with Gasteiger partial charge in [0.2, 0.25) is 5.91 Å². The summed E-state index contributed by atoms with van der Waals surface area (Å²) in [6, 6.07) is 0. The minimum atomic E-state index is -0.577. The van der Waals surface area contributed by atoms with E-state index in [-0.39, 0.29) is 5.78 Å². The molecule has 0 fully saturated rings. The average Bonchev–Trinajstić information content (AvgIpc) is 2.17. The normalized spacial score (nSPS) is 14.6. The number of amides is 1. The third-order valence-corrected chi connectivity index (χ3v) is 2.95. The Bertz CT molecular complexity index is 200. The molecule has 0 aromatic heterocycles. The molecule has 0 heterocycles. The largest absolute Gasteiger partial charge is 0.369 e. The topological polar surface area (TPSA) is 60.2 Å². The third kappa shape index (κ3) is 5.55. The number of nitrogens with two attached hydrogens (primary N) is 1. The van der Waals surface area contributed by atoms with Gasteiger partial charge in [0.15, 0.2) is 0 Å². The van der Waals surface area contributed by atoms with Crippen molar-refractivity contribution in [2.45, 2.75) is 52.9 Å². The minimum Gasteiger partial charge on any atom is -0.369 e. The van der Waals surface area contributed by atoms with Crippen LogP contribution in [0.2, 0.25) is 0 Å². The number of hydrogen-bond donors (Lipinski definition) is 1. The molecule has 0 saturated heterocycles. The van der Waals surface area contributed by atoms with Crippen LogP contribution in [0.15, 0.2) is 0 Å². The number of carbonyl (C=O) groups excluding carboxylic acids is 2. The molecule has 0 bridgehead atoms. The molecule has 0 spiro atoms. The maximum Gasteiger partial charge on any atom is 0.227 e. The van der Waals surface area contributed by atoms with Crippen LogP contribution >= 0.6 is 0 Å². The fraction of sp³-hybridized carbons (Fsp3) is 0.833. The Morgan fingerprint density at radius 3 is 2.20 bits per heavy atom. The van der Waals surface area contributed by atoms with Crippen LogP contribution < -0.4 is 5.73 Å². The van der Waals surface area contributed by atoms with E-state index in [4.69, 9.17) is 5.73 Å². The first-order valence-electron chi connectivity index (χ1n) is 5.82. The summed E-state index contributed by atoms with van der Waals surface area (Å²) in [6.07, 6.45) is 5.03. The lowest BCUT2D eigenvalue weighted by Gasteiger charge is -2.18. The van der Waals surface area contributed by atoms with E-state index in [0.717, 1.165) is 25.7 Å². The lowest BCUT2D eigenvalue weighted by Crippen LogP contribution is -2.30. The zero-order chi connectivity index (χ0) is 11.8. The molecule has 2 atom stereocenters. The molecule has 0 aromatic carbocycles. The number of Topliss-reactive ketones (excluding diaryl/α,β-unsaturated/α-hetero) is 1.